The smallest absolute Gasteiger partial charge is 0.387 e. The van der Waals surface area contributed by atoms with Crippen LogP contribution in [0.3, 0.4) is 0 Å². The number of hydrogen-bond donors (Lipinski definition) is 2. The molecule has 29 heavy (non-hydrogen) atoms. The van der Waals surface area contributed by atoms with Gasteiger partial charge in [0.1, 0.15) is 11.5 Å². The molecule has 1 aliphatic carbocycles. The van der Waals surface area contributed by atoms with Crippen molar-refractivity contribution in [3.8, 4) is 11.5 Å². The van der Waals surface area contributed by atoms with Crippen LogP contribution >= 0.6 is 24.0 Å². The number of hydrogen-bond acceptors (Lipinski definition) is 4. The van der Waals surface area contributed by atoms with E-state index in [9.17, 15) is 8.78 Å². The minimum Gasteiger partial charge on any atom is -0.497 e. The molecule has 1 heterocycles. The number of benzene rings is 1. The van der Waals surface area contributed by atoms with Crippen molar-refractivity contribution in [1.82, 2.24) is 10.6 Å². The lowest BCUT2D eigenvalue weighted by Gasteiger charge is -2.54. The number of rotatable bonds is 7. The lowest BCUT2D eigenvalue weighted by atomic mass is 9.57. The summed E-state index contributed by atoms with van der Waals surface area (Å²) in [7, 11) is 1.53. The number of halogens is 3. The number of aliphatic imine (C=N–C) groups is 1. The zero-order chi connectivity index (χ0) is 20.3. The average molecular weight is 525 g/mol. The van der Waals surface area contributed by atoms with Gasteiger partial charge in [-0.3, -0.25) is 0 Å². The number of guanidine groups is 1. The maximum Gasteiger partial charge on any atom is 0.387 e. The Labute approximate surface area is 187 Å². The summed E-state index contributed by atoms with van der Waals surface area (Å²) in [5.41, 5.74) is 0.545. The van der Waals surface area contributed by atoms with Gasteiger partial charge in [0.2, 0.25) is 0 Å². The number of fused-ring (bicyclic) bond motifs is 1. The summed E-state index contributed by atoms with van der Waals surface area (Å²) in [5.74, 6) is 1.78. The van der Waals surface area contributed by atoms with Crippen LogP contribution in [0.4, 0.5) is 8.78 Å². The molecule has 1 saturated carbocycles. The molecule has 0 bridgehead atoms. The molecule has 0 radical (unpaired) electrons. The minimum absolute atomic E-state index is 0. The summed E-state index contributed by atoms with van der Waals surface area (Å²) < 4.78 is 41.1. The highest BCUT2D eigenvalue weighted by atomic mass is 127. The average Bonchev–Trinajstić information content (AvgIpc) is 3.11. The molecule has 3 unspecified atom stereocenters. The fourth-order valence-corrected chi connectivity index (χ4v) is 4.27. The molecule has 2 N–H and O–H groups in total. The Hall–Kier alpha value is -1.36. The van der Waals surface area contributed by atoms with E-state index in [0.717, 1.165) is 13.0 Å². The maximum absolute atomic E-state index is 12.7. The molecular formula is C20H30F2IN3O3. The number of methoxy groups -OCH3 is 1. The molecule has 164 valence electrons. The summed E-state index contributed by atoms with van der Waals surface area (Å²) in [4.78, 5) is 4.60. The Balaban J connectivity index is 0.00000300. The Morgan fingerprint density at radius 1 is 1.38 bits per heavy atom. The number of alkyl halides is 2. The third-order valence-electron chi connectivity index (χ3n) is 5.63. The van der Waals surface area contributed by atoms with Gasteiger partial charge in [0.15, 0.2) is 5.96 Å². The highest BCUT2D eigenvalue weighted by Gasteiger charge is 2.59. The van der Waals surface area contributed by atoms with Crippen LogP contribution in [0.15, 0.2) is 23.2 Å². The van der Waals surface area contributed by atoms with Crippen LogP contribution < -0.4 is 20.1 Å². The fourth-order valence-electron chi connectivity index (χ4n) is 4.27. The van der Waals surface area contributed by atoms with Crippen molar-refractivity contribution in [3.63, 3.8) is 0 Å². The van der Waals surface area contributed by atoms with E-state index >= 15 is 0 Å². The first-order chi connectivity index (χ1) is 13.4. The molecule has 1 aliphatic heterocycles. The van der Waals surface area contributed by atoms with E-state index in [4.69, 9.17) is 9.47 Å². The molecule has 1 saturated heterocycles. The summed E-state index contributed by atoms with van der Waals surface area (Å²) in [5, 5.41) is 6.75. The van der Waals surface area contributed by atoms with Crippen LogP contribution in [-0.2, 0) is 11.3 Å². The molecule has 6 nitrogen and oxygen atoms in total. The van der Waals surface area contributed by atoms with Crippen LogP contribution in [0.2, 0.25) is 0 Å². The molecule has 0 amide bonds. The van der Waals surface area contributed by atoms with Gasteiger partial charge >= 0.3 is 6.61 Å². The van der Waals surface area contributed by atoms with Crippen molar-refractivity contribution >= 4 is 29.9 Å². The maximum atomic E-state index is 12.7. The summed E-state index contributed by atoms with van der Waals surface area (Å²) in [6, 6.07) is 4.98. The first-order valence-electron chi connectivity index (χ1n) is 9.65. The van der Waals surface area contributed by atoms with Gasteiger partial charge in [0, 0.05) is 36.1 Å². The highest BCUT2D eigenvalue weighted by Crippen LogP contribution is 2.52. The van der Waals surface area contributed by atoms with Gasteiger partial charge in [-0.05, 0) is 31.5 Å². The molecular weight excluding hydrogens is 495 g/mol. The zero-order valence-electron chi connectivity index (χ0n) is 17.2. The predicted molar refractivity (Wildman–Crippen MR) is 118 cm³/mol. The van der Waals surface area contributed by atoms with Gasteiger partial charge in [-0.2, -0.15) is 8.78 Å². The van der Waals surface area contributed by atoms with Crippen LogP contribution in [0, 0.1) is 11.3 Å². The Bertz CT molecular complexity index is 718. The van der Waals surface area contributed by atoms with E-state index in [2.05, 4.69) is 34.2 Å². The van der Waals surface area contributed by atoms with Gasteiger partial charge in [-0.1, -0.05) is 13.8 Å². The van der Waals surface area contributed by atoms with Crippen molar-refractivity contribution in [3.05, 3.63) is 23.8 Å². The zero-order valence-corrected chi connectivity index (χ0v) is 19.5. The number of ether oxygens (including phenoxy) is 3. The summed E-state index contributed by atoms with van der Waals surface area (Å²) in [6.45, 7) is 5.16. The molecule has 3 atom stereocenters. The van der Waals surface area contributed by atoms with Crippen molar-refractivity contribution in [2.45, 2.75) is 52.5 Å². The van der Waals surface area contributed by atoms with Crippen LogP contribution in [0.25, 0.3) is 0 Å². The minimum atomic E-state index is -2.89. The first-order valence-corrected chi connectivity index (χ1v) is 9.65. The lowest BCUT2D eigenvalue weighted by molar-refractivity contribution is -0.106. The van der Waals surface area contributed by atoms with Gasteiger partial charge in [-0.25, -0.2) is 4.99 Å². The van der Waals surface area contributed by atoms with Crippen molar-refractivity contribution in [1.29, 1.82) is 0 Å². The Kier molecular flexibility index (Phi) is 8.33. The van der Waals surface area contributed by atoms with Gasteiger partial charge < -0.3 is 24.8 Å². The van der Waals surface area contributed by atoms with Gasteiger partial charge in [0.05, 0.1) is 19.8 Å². The Morgan fingerprint density at radius 3 is 2.79 bits per heavy atom. The second-order valence-corrected chi connectivity index (χ2v) is 7.73. The van der Waals surface area contributed by atoms with Crippen molar-refractivity contribution in [2.75, 3.05) is 20.3 Å². The summed E-state index contributed by atoms with van der Waals surface area (Å²) in [6.07, 6.45) is 1.31. The third-order valence-corrected chi connectivity index (χ3v) is 5.63. The molecule has 3 rings (SSSR count). The van der Waals surface area contributed by atoms with E-state index in [1.165, 1.54) is 13.2 Å². The van der Waals surface area contributed by atoms with E-state index in [0.29, 0.717) is 29.7 Å². The number of nitrogens with zero attached hydrogens (tertiary/aromatic N) is 1. The fraction of sp³-hybridized carbons (Fsp3) is 0.650. The predicted octanol–water partition coefficient (Wildman–Crippen LogP) is 3.78. The van der Waals surface area contributed by atoms with Crippen LogP contribution in [0.1, 0.15) is 32.8 Å². The standard InChI is InChI=1S/C20H29F2N3O3.HI/c1-5-23-19(25-16-14-8-9-27-17(14)20(16,2)3)24-11-12-10-13(26-4)6-7-15(12)28-18(21)22;/h6-7,10,14,16-18H,5,8-9,11H2,1-4H3,(H2,23,24,25);1H. The molecule has 9 heteroatoms. The SMILES string of the molecule is CCNC(=NCc1cc(OC)ccc1OC(F)F)NC1C2CCOC2C1(C)C.I. The third kappa shape index (κ3) is 5.22. The molecule has 2 aliphatic rings. The van der Waals surface area contributed by atoms with Crippen molar-refractivity contribution in [2.24, 2.45) is 16.3 Å². The van der Waals surface area contributed by atoms with E-state index < -0.39 is 6.61 Å². The van der Waals surface area contributed by atoms with E-state index in [1.54, 1.807) is 12.1 Å². The normalized spacial score (nSPS) is 24.9. The van der Waals surface area contributed by atoms with E-state index in [-0.39, 0.29) is 53.8 Å². The van der Waals surface area contributed by atoms with Gasteiger partial charge in [-0.15, -0.1) is 24.0 Å². The highest BCUT2D eigenvalue weighted by molar-refractivity contribution is 14.0. The lowest BCUT2D eigenvalue weighted by Crippen LogP contribution is -2.67. The molecule has 1 aromatic rings. The second-order valence-electron chi connectivity index (χ2n) is 7.73. The molecule has 2 fully saturated rings. The van der Waals surface area contributed by atoms with Crippen LogP contribution in [-0.4, -0.2) is 45.0 Å². The first kappa shape index (κ1) is 23.9. The van der Waals surface area contributed by atoms with E-state index in [1.807, 2.05) is 6.92 Å². The molecule has 0 spiro atoms. The monoisotopic (exact) mass is 525 g/mol. The largest absolute Gasteiger partial charge is 0.497 e. The topological polar surface area (TPSA) is 64.1 Å². The summed E-state index contributed by atoms with van der Waals surface area (Å²) >= 11 is 0. The molecule has 0 aromatic heterocycles. The van der Waals surface area contributed by atoms with Crippen molar-refractivity contribution < 1.29 is 23.0 Å². The molecule has 1 aromatic carbocycles. The van der Waals surface area contributed by atoms with Gasteiger partial charge in [0.25, 0.3) is 0 Å². The Morgan fingerprint density at radius 2 is 2.14 bits per heavy atom. The van der Waals surface area contributed by atoms with Crippen LogP contribution in [0.5, 0.6) is 11.5 Å². The quantitative estimate of drug-likeness (QED) is 0.323. The second kappa shape index (κ2) is 10.1. The number of nitrogens with one attached hydrogen (secondary N) is 2.